The van der Waals surface area contributed by atoms with Crippen LogP contribution in [-0.4, -0.2) is 92.9 Å². The van der Waals surface area contributed by atoms with Gasteiger partial charge in [-0.05, 0) is 63.3 Å². The molecule has 2 aromatic carbocycles. The highest BCUT2D eigenvalue weighted by atomic mass is 35.5. The quantitative estimate of drug-likeness (QED) is 0.464. The molecule has 0 bridgehead atoms. The molecule has 216 valence electrons. The van der Waals surface area contributed by atoms with Crippen LogP contribution < -0.4 is 14.5 Å². The SMILES string of the molecule is CN1CCCC1.COc1nc2c(c(N3CCC(S(=O)(=O)CCO)C3)n1)CCN(c1cccc3cccc(Cl)c13)C2. The van der Waals surface area contributed by atoms with Crippen LogP contribution in [0.3, 0.4) is 0 Å². The van der Waals surface area contributed by atoms with Gasteiger partial charge in [0.2, 0.25) is 0 Å². The Morgan fingerprint density at radius 1 is 1.05 bits per heavy atom. The summed E-state index contributed by atoms with van der Waals surface area (Å²) in [4.78, 5) is 15.9. The van der Waals surface area contributed by atoms with E-state index < -0.39 is 15.1 Å². The molecule has 0 spiro atoms. The third-order valence-electron chi connectivity index (χ3n) is 8.04. The number of hydrogen-bond donors (Lipinski definition) is 1. The number of ether oxygens (including phenoxy) is 1. The second kappa shape index (κ2) is 12.5. The zero-order valence-electron chi connectivity index (χ0n) is 23.2. The number of sulfone groups is 1. The molecule has 1 atom stereocenters. The van der Waals surface area contributed by atoms with Crippen LogP contribution in [0.25, 0.3) is 10.8 Å². The first kappa shape index (κ1) is 28.9. The van der Waals surface area contributed by atoms with Crippen molar-refractivity contribution in [2.45, 2.75) is 37.5 Å². The first-order chi connectivity index (χ1) is 19.3. The molecule has 6 rings (SSSR count). The van der Waals surface area contributed by atoms with Gasteiger partial charge in [0.25, 0.3) is 0 Å². The van der Waals surface area contributed by atoms with E-state index >= 15 is 0 Å². The molecule has 9 nitrogen and oxygen atoms in total. The van der Waals surface area contributed by atoms with Crippen molar-refractivity contribution in [3.05, 3.63) is 52.7 Å². The number of halogens is 1. The molecule has 4 heterocycles. The number of benzene rings is 2. The molecule has 0 saturated carbocycles. The molecule has 1 unspecified atom stereocenters. The lowest BCUT2D eigenvalue weighted by atomic mass is 10.0. The van der Waals surface area contributed by atoms with E-state index in [1.807, 2.05) is 23.1 Å². The van der Waals surface area contributed by atoms with E-state index in [0.29, 0.717) is 31.1 Å². The fourth-order valence-electron chi connectivity index (χ4n) is 5.87. The van der Waals surface area contributed by atoms with Gasteiger partial charge in [-0.1, -0.05) is 35.9 Å². The first-order valence-corrected chi connectivity index (χ1v) is 16.0. The number of aliphatic hydroxyl groups excluding tert-OH is 1. The summed E-state index contributed by atoms with van der Waals surface area (Å²) in [6.07, 6.45) is 4.07. The van der Waals surface area contributed by atoms with Crippen molar-refractivity contribution >= 4 is 43.7 Å². The number of aromatic nitrogens is 2. The fraction of sp³-hybridized carbons (Fsp3) is 0.517. The van der Waals surface area contributed by atoms with E-state index in [9.17, 15) is 8.42 Å². The number of nitrogens with zero attached hydrogens (tertiary/aromatic N) is 5. The predicted octanol–water partition coefficient (Wildman–Crippen LogP) is 3.55. The number of methoxy groups -OCH3 is 1. The first-order valence-electron chi connectivity index (χ1n) is 13.9. The Morgan fingerprint density at radius 3 is 2.48 bits per heavy atom. The van der Waals surface area contributed by atoms with Gasteiger partial charge >= 0.3 is 6.01 Å². The van der Waals surface area contributed by atoms with Gasteiger partial charge in [-0.15, -0.1) is 0 Å². The van der Waals surface area contributed by atoms with Crippen molar-refractivity contribution in [2.24, 2.45) is 0 Å². The second-order valence-corrected chi connectivity index (χ2v) is 13.5. The molecule has 3 aliphatic rings. The van der Waals surface area contributed by atoms with Gasteiger partial charge in [-0.25, -0.2) is 8.42 Å². The van der Waals surface area contributed by atoms with Crippen molar-refractivity contribution in [2.75, 3.05) is 69.0 Å². The number of anilines is 2. The molecule has 1 N–H and O–H groups in total. The van der Waals surface area contributed by atoms with Gasteiger partial charge in [0.1, 0.15) is 5.82 Å². The molecule has 1 aromatic heterocycles. The molecule has 3 aromatic rings. The minimum atomic E-state index is -3.34. The van der Waals surface area contributed by atoms with Crippen molar-refractivity contribution in [3.8, 4) is 6.01 Å². The highest BCUT2D eigenvalue weighted by molar-refractivity contribution is 7.92. The van der Waals surface area contributed by atoms with Crippen LogP contribution in [0, 0.1) is 0 Å². The summed E-state index contributed by atoms with van der Waals surface area (Å²) in [7, 11) is 0.366. The molecule has 0 radical (unpaired) electrons. The molecule has 3 aliphatic heterocycles. The minimum absolute atomic E-state index is 0.209. The maximum Gasteiger partial charge on any atom is 0.318 e. The van der Waals surface area contributed by atoms with Gasteiger partial charge < -0.3 is 24.5 Å². The lowest BCUT2D eigenvalue weighted by Crippen LogP contribution is -2.35. The molecule has 2 saturated heterocycles. The Balaban J connectivity index is 0.000000477. The maximum atomic E-state index is 12.5. The van der Waals surface area contributed by atoms with Crippen LogP contribution in [0.1, 0.15) is 30.5 Å². The molecule has 40 heavy (non-hydrogen) atoms. The molecule has 0 aliphatic carbocycles. The zero-order valence-corrected chi connectivity index (χ0v) is 24.8. The van der Waals surface area contributed by atoms with Crippen LogP contribution in [0.15, 0.2) is 36.4 Å². The largest absolute Gasteiger partial charge is 0.467 e. The average Bonchev–Trinajstić information content (AvgIpc) is 3.65. The molecule has 0 amide bonds. The van der Waals surface area contributed by atoms with E-state index in [2.05, 4.69) is 45.0 Å². The third-order valence-corrected chi connectivity index (χ3v) is 10.5. The number of likely N-dealkylation sites (tertiary alicyclic amines) is 1. The summed E-state index contributed by atoms with van der Waals surface area (Å²) < 4.78 is 30.4. The van der Waals surface area contributed by atoms with Gasteiger partial charge in [0.05, 0.1) is 42.0 Å². The Labute approximate surface area is 241 Å². The van der Waals surface area contributed by atoms with Gasteiger partial charge in [-0.2, -0.15) is 9.97 Å². The van der Waals surface area contributed by atoms with Crippen molar-refractivity contribution in [1.82, 2.24) is 14.9 Å². The predicted molar refractivity (Wildman–Crippen MR) is 161 cm³/mol. The Kier molecular flexibility index (Phi) is 8.99. The number of hydrogen-bond acceptors (Lipinski definition) is 9. The molecular weight excluding hydrogens is 550 g/mol. The van der Waals surface area contributed by atoms with Gasteiger partial charge in [0, 0.05) is 36.3 Å². The summed E-state index contributed by atoms with van der Waals surface area (Å²) in [5.74, 6) is 0.540. The monoisotopic (exact) mass is 587 g/mol. The van der Waals surface area contributed by atoms with Crippen molar-refractivity contribution in [3.63, 3.8) is 0 Å². The highest BCUT2D eigenvalue weighted by Crippen LogP contribution is 2.37. The number of rotatable bonds is 6. The summed E-state index contributed by atoms with van der Waals surface area (Å²) in [6.45, 7) is 4.57. The Morgan fingerprint density at radius 2 is 1.80 bits per heavy atom. The summed E-state index contributed by atoms with van der Waals surface area (Å²) >= 11 is 6.57. The number of aliphatic hydroxyl groups is 1. The van der Waals surface area contributed by atoms with E-state index in [0.717, 1.165) is 46.5 Å². The van der Waals surface area contributed by atoms with Crippen LogP contribution in [0.5, 0.6) is 6.01 Å². The minimum Gasteiger partial charge on any atom is -0.467 e. The molecule has 2 fully saturated rings. The average molecular weight is 588 g/mol. The van der Waals surface area contributed by atoms with Crippen LogP contribution in [0.4, 0.5) is 11.5 Å². The van der Waals surface area contributed by atoms with Crippen molar-refractivity contribution < 1.29 is 18.3 Å². The Hall–Kier alpha value is -2.66. The summed E-state index contributed by atoms with van der Waals surface area (Å²) in [5.41, 5.74) is 2.96. The topological polar surface area (TPSA) is 99.1 Å². The smallest absolute Gasteiger partial charge is 0.318 e. The van der Waals surface area contributed by atoms with Crippen LogP contribution >= 0.6 is 11.6 Å². The van der Waals surface area contributed by atoms with E-state index in [1.165, 1.54) is 33.0 Å². The van der Waals surface area contributed by atoms with Crippen molar-refractivity contribution in [1.29, 1.82) is 0 Å². The normalized spacial score (nSPS) is 19.4. The fourth-order valence-corrected chi connectivity index (χ4v) is 7.61. The maximum absolute atomic E-state index is 12.5. The standard InChI is InChI=1S/C24H27ClN4O4S.C5H11N/c1-33-24-26-20-15-28(21-7-3-5-16-4-2-6-19(25)22(16)21)11-9-18(20)23(27-24)29-10-8-17(14-29)34(31,32)13-12-30;1-6-4-2-3-5-6/h2-7,17,30H,8-15H2,1H3;2-5H2,1H3. The van der Waals surface area contributed by atoms with Crippen LogP contribution in [-0.2, 0) is 22.8 Å². The number of fused-ring (bicyclic) bond motifs is 2. The van der Waals surface area contributed by atoms with Crippen LogP contribution in [0.2, 0.25) is 5.02 Å². The summed E-state index contributed by atoms with van der Waals surface area (Å²) in [5, 5.41) is 11.4. The Bertz CT molecular complexity index is 1440. The van der Waals surface area contributed by atoms with E-state index in [4.69, 9.17) is 21.4 Å². The van der Waals surface area contributed by atoms with Gasteiger partial charge in [-0.3, -0.25) is 0 Å². The second-order valence-electron chi connectivity index (χ2n) is 10.7. The highest BCUT2D eigenvalue weighted by Gasteiger charge is 2.35. The molecule has 11 heteroatoms. The third kappa shape index (κ3) is 6.15. The lowest BCUT2D eigenvalue weighted by Gasteiger charge is -2.33. The zero-order chi connectivity index (χ0) is 28.3. The van der Waals surface area contributed by atoms with E-state index in [1.54, 1.807) is 0 Å². The summed E-state index contributed by atoms with van der Waals surface area (Å²) in [6, 6.07) is 12.4. The van der Waals surface area contributed by atoms with E-state index in [-0.39, 0.29) is 18.4 Å². The molecular formula is C29H38ClN5O4S. The van der Waals surface area contributed by atoms with Gasteiger partial charge in [0.15, 0.2) is 9.84 Å². The lowest BCUT2D eigenvalue weighted by molar-refractivity contribution is 0.319.